The third kappa shape index (κ3) is 4.59. The molecule has 2 aromatic carbocycles. The van der Waals surface area contributed by atoms with E-state index in [0.29, 0.717) is 11.5 Å². The highest BCUT2D eigenvalue weighted by Gasteiger charge is 2.27. The molecule has 1 aliphatic heterocycles. The lowest BCUT2D eigenvalue weighted by molar-refractivity contribution is -0.130. The van der Waals surface area contributed by atoms with E-state index in [-0.39, 0.29) is 6.61 Å². The molecule has 0 bridgehead atoms. The monoisotopic (exact) mass is 360 g/mol. The lowest BCUT2D eigenvalue weighted by Crippen LogP contribution is -2.50. The summed E-state index contributed by atoms with van der Waals surface area (Å²) in [5.41, 5.74) is 2.85. The number of hydrogen-bond donors (Lipinski definition) is 2. The zero-order valence-electron chi connectivity index (χ0n) is 13.1. The predicted octanol–water partition coefficient (Wildman–Crippen LogP) is 1.45. The smallest absolute Gasteiger partial charge is 0.279 e. The van der Waals surface area contributed by atoms with Gasteiger partial charge in [-0.25, -0.2) is 8.42 Å². The number of hydrogen-bond acceptors (Lipinski definition) is 5. The van der Waals surface area contributed by atoms with Crippen LogP contribution in [0.3, 0.4) is 0 Å². The van der Waals surface area contributed by atoms with Gasteiger partial charge in [0.25, 0.3) is 15.9 Å². The molecule has 0 aliphatic carbocycles. The molecule has 1 atom stereocenters. The van der Waals surface area contributed by atoms with Crippen LogP contribution in [-0.2, 0) is 14.8 Å². The zero-order valence-corrected chi connectivity index (χ0v) is 13.9. The number of benzene rings is 2. The van der Waals surface area contributed by atoms with Gasteiger partial charge in [0.1, 0.15) is 6.61 Å². The molecule has 0 unspecified atom stereocenters. The molecule has 1 heterocycles. The van der Waals surface area contributed by atoms with Crippen LogP contribution in [0.5, 0.6) is 11.5 Å². The van der Waals surface area contributed by atoms with Gasteiger partial charge >= 0.3 is 0 Å². The third-order valence-electron chi connectivity index (χ3n) is 3.36. The van der Waals surface area contributed by atoms with Gasteiger partial charge in [0.2, 0.25) is 6.10 Å². The van der Waals surface area contributed by atoms with Gasteiger partial charge < -0.3 is 9.47 Å². The van der Waals surface area contributed by atoms with E-state index in [4.69, 9.17) is 9.47 Å². The SMILES string of the molecule is O=C(NNS(=O)(=O)/C=C/c1ccccc1)[C@@H]1COc2ccccc2O1. The van der Waals surface area contributed by atoms with Crippen LogP contribution < -0.4 is 19.7 Å². The van der Waals surface area contributed by atoms with Crippen LogP contribution in [0.25, 0.3) is 6.08 Å². The van der Waals surface area contributed by atoms with E-state index in [9.17, 15) is 13.2 Å². The van der Waals surface area contributed by atoms with E-state index in [1.165, 1.54) is 6.08 Å². The minimum atomic E-state index is -3.83. The number of carbonyl (C=O) groups excluding carboxylic acids is 1. The van der Waals surface area contributed by atoms with Crippen LogP contribution in [0.1, 0.15) is 5.56 Å². The fraction of sp³-hybridized carbons (Fsp3) is 0.118. The largest absolute Gasteiger partial charge is 0.485 e. The Balaban J connectivity index is 1.56. The molecule has 0 fully saturated rings. The quantitative estimate of drug-likeness (QED) is 0.787. The number of fused-ring (bicyclic) bond motifs is 1. The molecular formula is C17H16N2O5S. The van der Waals surface area contributed by atoms with E-state index in [0.717, 1.165) is 11.0 Å². The maximum atomic E-state index is 12.1. The van der Waals surface area contributed by atoms with Crippen molar-refractivity contribution in [2.45, 2.75) is 6.10 Å². The van der Waals surface area contributed by atoms with E-state index >= 15 is 0 Å². The Morgan fingerprint density at radius 2 is 1.72 bits per heavy atom. The molecule has 0 saturated carbocycles. The summed E-state index contributed by atoms with van der Waals surface area (Å²) < 4.78 is 34.7. The van der Waals surface area contributed by atoms with Crippen molar-refractivity contribution < 1.29 is 22.7 Å². The van der Waals surface area contributed by atoms with Gasteiger partial charge in [-0.15, -0.1) is 4.83 Å². The predicted molar refractivity (Wildman–Crippen MR) is 92.0 cm³/mol. The first-order valence-electron chi connectivity index (χ1n) is 7.47. The Bertz CT molecular complexity index is 881. The Morgan fingerprint density at radius 3 is 2.48 bits per heavy atom. The van der Waals surface area contributed by atoms with Crippen molar-refractivity contribution in [3.63, 3.8) is 0 Å². The van der Waals surface area contributed by atoms with Gasteiger partial charge in [-0.1, -0.05) is 42.5 Å². The summed E-state index contributed by atoms with van der Waals surface area (Å²) in [5, 5.41) is 0.968. The Morgan fingerprint density at radius 1 is 1.04 bits per heavy atom. The lowest BCUT2D eigenvalue weighted by Gasteiger charge is -2.25. The number of hydrazine groups is 1. The molecule has 2 N–H and O–H groups in total. The first-order chi connectivity index (χ1) is 12.0. The van der Waals surface area contributed by atoms with Gasteiger partial charge in [0.15, 0.2) is 11.5 Å². The zero-order chi connectivity index (χ0) is 17.7. The van der Waals surface area contributed by atoms with E-state index in [2.05, 4.69) is 5.43 Å². The number of sulfonamides is 1. The van der Waals surface area contributed by atoms with Crippen molar-refractivity contribution in [2.24, 2.45) is 0 Å². The first kappa shape index (κ1) is 17.0. The van der Waals surface area contributed by atoms with Crippen molar-refractivity contribution in [3.8, 4) is 11.5 Å². The van der Waals surface area contributed by atoms with Crippen LogP contribution in [0, 0.1) is 0 Å². The number of amides is 1. The molecule has 0 aromatic heterocycles. The molecule has 130 valence electrons. The maximum Gasteiger partial charge on any atom is 0.279 e. The number of carbonyl (C=O) groups is 1. The normalized spacial score (nSPS) is 16.6. The highest BCUT2D eigenvalue weighted by atomic mass is 32.2. The fourth-order valence-corrected chi connectivity index (χ4v) is 2.76. The lowest BCUT2D eigenvalue weighted by atomic mass is 10.2. The summed E-state index contributed by atoms with van der Waals surface area (Å²) in [6.45, 7) is -0.00950. The summed E-state index contributed by atoms with van der Waals surface area (Å²) >= 11 is 0. The second-order valence-corrected chi connectivity index (χ2v) is 6.78. The van der Waals surface area contributed by atoms with Crippen LogP contribution >= 0.6 is 0 Å². The van der Waals surface area contributed by atoms with Crippen molar-refractivity contribution in [1.82, 2.24) is 10.3 Å². The molecule has 0 spiro atoms. The molecule has 1 amide bonds. The second-order valence-electron chi connectivity index (χ2n) is 5.21. The van der Waals surface area contributed by atoms with Gasteiger partial charge in [0.05, 0.1) is 0 Å². The standard InChI is InChI=1S/C17H16N2O5S/c20-17(16-12-23-14-8-4-5-9-15(14)24-16)18-19-25(21,22)11-10-13-6-2-1-3-7-13/h1-11,16,19H,12H2,(H,18,20)/b11-10+/t16-/m0/s1. The molecule has 8 heteroatoms. The van der Waals surface area contributed by atoms with E-state index < -0.39 is 22.0 Å². The summed E-state index contributed by atoms with van der Waals surface area (Å²) in [6.07, 6.45) is 0.473. The Hall–Kier alpha value is -2.84. The highest BCUT2D eigenvalue weighted by molar-refractivity contribution is 7.92. The third-order valence-corrected chi connectivity index (χ3v) is 4.24. The minimum Gasteiger partial charge on any atom is -0.485 e. The van der Waals surface area contributed by atoms with Crippen molar-refractivity contribution in [3.05, 3.63) is 65.6 Å². The number of nitrogens with one attached hydrogen (secondary N) is 2. The molecule has 7 nitrogen and oxygen atoms in total. The fourth-order valence-electron chi connectivity index (χ4n) is 2.12. The van der Waals surface area contributed by atoms with Crippen molar-refractivity contribution >= 4 is 22.0 Å². The van der Waals surface area contributed by atoms with Crippen LogP contribution in [-0.4, -0.2) is 27.0 Å². The Kier molecular flexibility index (Phi) is 5.01. The van der Waals surface area contributed by atoms with E-state index in [1.54, 1.807) is 48.5 Å². The van der Waals surface area contributed by atoms with Crippen molar-refractivity contribution in [2.75, 3.05) is 6.61 Å². The summed E-state index contributed by atoms with van der Waals surface area (Å²) in [4.78, 5) is 14.1. The van der Waals surface area contributed by atoms with Crippen LogP contribution in [0.15, 0.2) is 60.0 Å². The van der Waals surface area contributed by atoms with Crippen LogP contribution in [0.2, 0.25) is 0 Å². The average molecular weight is 360 g/mol. The molecular weight excluding hydrogens is 344 g/mol. The van der Waals surface area contributed by atoms with Crippen LogP contribution in [0.4, 0.5) is 0 Å². The summed E-state index contributed by atoms with van der Waals surface area (Å²) in [7, 11) is -3.83. The number of rotatable bonds is 5. The number of para-hydroxylation sites is 2. The van der Waals surface area contributed by atoms with Gasteiger partial charge in [0, 0.05) is 5.41 Å². The van der Waals surface area contributed by atoms with Gasteiger partial charge in [-0.05, 0) is 23.8 Å². The van der Waals surface area contributed by atoms with Gasteiger partial charge in [-0.2, -0.15) is 0 Å². The molecule has 3 rings (SSSR count). The minimum absolute atomic E-state index is 0.00950. The second kappa shape index (κ2) is 7.37. The highest BCUT2D eigenvalue weighted by Crippen LogP contribution is 2.30. The topological polar surface area (TPSA) is 93.7 Å². The number of ether oxygens (including phenoxy) is 2. The average Bonchev–Trinajstić information content (AvgIpc) is 2.65. The van der Waals surface area contributed by atoms with E-state index in [1.807, 2.05) is 10.9 Å². The molecule has 0 radical (unpaired) electrons. The molecule has 2 aromatic rings. The molecule has 1 aliphatic rings. The van der Waals surface area contributed by atoms with Gasteiger partial charge in [-0.3, -0.25) is 10.2 Å². The van der Waals surface area contributed by atoms with Crippen molar-refractivity contribution in [1.29, 1.82) is 0 Å². The molecule has 0 saturated heterocycles. The first-order valence-corrected chi connectivity index (χ1v) is 9.01. The molecule has 25 heavy (non-hydrogen) atoms. The summed E-state index contributed by atoms with van der Waals surface area (Å²) in [6, 6.07) is 15.9. The maximum absolute atomic E-state index is 12.1. The Labute approximate surface area is 145 Å². The summed E-state index contributed by atoms with van der Waals surface area (Å²) in [5.74, 6) is 0.324.